The minimum atomic E-state index is -0.328. The van der Waals surface area contributed by atoms with E-state index >= 15 is 0 Å². The van der Waals surface area contributed by atoms with Crippen LogP contribution in [0.2, 0.25) is 0 Å². The first kappa shape index (κ1) is 12.4. The van der Waals surface area contributed by atoms with Crippen LogP contribution in [0.15, 0.2) is 24.3 Å². The first-order valence-corrected chi connectivity index (χ1v) is 6.02. The fourth-order valence-corrected chi connectivity index (χ4v) is 2.38. The van der Waals surface area contributed by atoms with E-state index in [9.17, 15) is 4.79 Å². The van der Waals surface area contributed by atoms with Gasteiger partial charge in [0.2, 0.25) is 0 Å². The summed E-state index contributed by atoms with van der Waals surface area (Å²) < 4.78 is 4.66. The molecule has 1 aliphatic heterocycles. The van der Waals surface area contributed by atoms with Crippen LogP contribution in [0.25, 0.3) is 0 Å². The second-order valence-corrected chi connectivity index (χ2v) is 4.50. The van der Waals surface area contributed by atoms with Crippen LogP contribution >= 0.6 is 0 Å². The summed E-state index contributed by atoms with van der Waals surface area (Å²) in [5, 5.41) is 9.01. The smallest absolute Gasteiger partial charge is 0.337 e. The molecule has 0 aromatic heterocycles. The van der Waals surface area contributed by atoms with Gasteiger partial charge in [-0.25, -0.2) is 4.79 Å². The van der Waals surface area contributed by atoms with Crippen molar-refractivity contribution < 1.29 is 9.53 Å². The molecule has 0 spiro atoms. The summed E-state index contributed by atoms with van der Waals surface area (Å²) in [6.07, 6.45) is 0.899. The Labute approximate surface area is 107 Å². The largest absolute Gasteiger partial charge is 0.465 e. The number of hydrogen-bond acceptors (Lipinski definition) is 4. The number of nitriles is 1. The summed E-state index contributed by atoms with van der Waals surface area (Å²) in [5.41, 5.74) is 1.60. The van der Waals surface area contributed by atoms with Crippen molar-refractivity contribution in [1.82, 2.24) is 0 Å². The van der Waals surface area contributed by atoms with Crippen LogP contribution in [0.3, 0.4) is 0 Å². The number of benzene rings is 1. The van der Waals surface area contributed by atoms with E-state index in [-0.39, 0.29) is 17.9 Å². The molecule has 4 heteroatoms. The van der Waals surface area contributed by atoms with Crippen molar-refractivity contribution >= 4 is 11.7 Å². The second-order valence-electron chi connectivity index (χ2n) is 4.50. The third kappa shape index (κ3) is 2.17. The van der Waals surface area contributed by atoms with Gasteiger partial charge in [0.05, 0.1) is 24.7 Å². The Morgan fingerprint density at radius 1 is 1.44 bits per heavy atom. The maximum atomic E-state index is 11.3. The molecule has 0 aliphatic carbocycles. The van der Waals surface area contributed by atoms with Gasteiger partial charge in [0.25, 0.3) is 0 Å². The van der Waals surface area contributed by atoms with Gasteiger partial charge in [0.15, 0.2) is 0 Å². The lowest BCUT2D eigenvalue weighted by Gasteiger charge is -2.24. The molecule has 0 amide bonds. The first-order chi connectivity index (χ1) is 8.67. The molecule has 4 nitrogen and oxygen atoms in total. The normalized spacial score (nSPS) is 22.6. The molecule has 1 aromatic carbocycles. The maximum Gasteiger partial charge on any atom is 0.337 e. The molecular weight excluding hydrogens is 228 g/mol. The van der Waals surface area contributed by atoms with Crippen LogP contribution in [0.1, 0.15) is 23.7 Å². The predicted octanol–water partition coefficient (Wildman–Crippen LogP) is 2.21. The molecule has 0 bridgehead atoms. The van der Waals surface area contributed by atoms with Gasteiger partial charge in [-0.15, -0.1) is 0 Å². The standard InChI is InChI=1S/C14H16N2O2/c1-10-12(9-15)7-8-16(10)13-5-3-11(4-6-13)14(17)18-2/h3-6,10,12H,7-8H2,1-2H3. The molecule has 94 valence electrons. The van der Waals surface area contributed by atoms with Gasteiger partial charge in [-0.2, -0.15) is 5.26 Å². The van der Waals surface area contributed by atoms with Crippen LogP contribution in [-0.4, -0.2) is 25.7 Å². The van der Waals surface area contributed by atoms with Crippen LogP contribution in [0.5, 0.6) is 0 Å². The number of anilines is 1. The van der Waals surface area contributed by atoms with Crippen molar-refractivity contribution in [2.45, 2.75) is 19.4 Å². The quantitative estimate of drug-likeness (QED) is 0.748. The predicted molar refractivity (Wildman–Crippen MR) is 68.3 cm³/mol. The Morgan fingerprint density at radius 2 is 2.11 bits per heavy atom. The number of ether oxygens (including phenoxy) is 1. The van der Waals surface area contributed by atoms with Gasteiger partial charge >= 0.3 is 5.97 Å². The van der Waals surface area contributed by atoms with E-state index in [2.05, 4.69) is 22.6 Å². The van der Waals surface area contributed by atoms with E-state index < -0.39 is 0 Å². The molecule has 1 fully saturated rings. The Kier molecular flexibility index (Phi) is 3.52. The molecule has 1 heterocycles. The zero-order valence-electron chi connectivity index (χ0n) is 10.6. The number of rotatable bonds is 2. The summed E-state index contributed by atoms with van der Waals surface area (Å²) in [6.45, 7) is 2.95. The van der Waals surface area contributed by atoms with Gasteiger partial charge < -0.3 is 9.64 Å². The lowest BCUT2D eigenvalue weighted by atomic mass is 10.0. The minimum Gasteiger partial charge on any atom is -0.465 e. The first-order valence-electron chi connectivity index (χ1n) is 6.02. The van der Waals surface area contributed by atoms with Gasteiger partial charge in [-0.05, 0) is 37.6 Å². The number of nitrogens with zero attached hydrogens (tertiary/aromatic N) is 2. The third-order valence-corrected chi connectivity index (χ3v) is 3.54. The third-order valence-electron chi connectivity index (χ3n) is 3.54. The van der Waals surface area contributed by atoms with E-state index in [1.165, 1.54) is 7.11 Å². The van der Waals surface area contributed by atoms with Crippen molar-refractivity contribution in [2.24, 2.45) is 5.92 Å². The molecule has 1 saturated heterocycles. The molecule has 2 rings (SSSR count). The Balaban J connectivity index is 2.16. The van der Waals surface area contributed by atoms with Crippen LogP contribution < -0.4 is 4.90 Å². The lowest BCUT2D eigenvalue weighted by Crippen LogP contribution is -2.29. The van der Waals surface area contributed by atoms with Crippen molar-refractivity contribution in [3.63, 3.8) is 0 Å². The second kappa shape index (κ2) is 5.09. The van der Waals surface area contributed by atoms with Gasteiger partial charge in [-0.3, -0.25) is 0 Å². The minimum absolute atomic E-state index is 0.0882. The average molecular weight is 244 g/mol. The Morgan fingerprint density at radius 3 is 2.61 bits per heavy atom. The molecule has 0 saturated carbocycles. The number of methoxy groups -OCH3 is 1. The van der Waals surface area contributed by atoms with E-state index in [1.807, 2.05) is 12.1 Å². The van der Waals surface area contributed by atoms with Gasteiger partial charge in [-0.1, -0.05) is 0 Å². The number of carbonyl (C=O) groups is 1. The molecule has 0 N–H and O–H groups in total. The summed E-state index contributed by atoms with van der Waals surface area (Å²) in [4.78, 5) is 13.5. The highest BCUT2D eigenvalue weighted by Gasteiger charge is 2.30. The highest BCUT2D eigenvalue weighted by atomic mass is 16.5. The van der Waals surface area contributed by atoms with Crippen molar-refractivity contribution in [3.8, 4) is 6.07 Å². The van der Waals surface area contributed by atoms with Crippen molar-refractivity contribution in [3.05, 3.63) is 29.8 Å². The molecule has 2 atom stereocenters. The number of hydrogen-bond donors (Lipinski definition) is 0. The fraction of sp³-hybridized carbons (Fsp3) is 0.429. The summed E-state index contributed by atoms with van der Waals surface area (Å²) in [6, 6.07) is 9.88. The van der Waals surface area contributed by atoms with E-state index in [0.29, 0.717) is 5.56 Å². The number of esters is 1. The molecule has 18 heavy (non-hydrogen) atoms. The highest BCUT2D eigenvalue weighted by Crippen LogP contribution is 2.29. The SMILES string of the molecule is COC(=O)c1ccc(N2CCC(C#N)C2C)cc1. The topological polar surface area (TPSA) is 53.3 Å². The van der Waals surface area contributed by atoms with Crippen LogP contribution in [-0.2, 0) is 4.74 Å². The highest BCUT2D eigenvalue weighted by molar-refractivity contribution is 5.89. The summed E-state index contributed by atoms with van der Waals surface area (Å²) in [7, 11) is 1.37. The summed E-state index contributed by atoms with van der Waals surface area (Å²) in [5.74, 6) is -0.240. The van der Waals surface area contributed by atoms with Crippen molar-refractivity contribution in [1.29, 1.82) is 5.26 Å². The van der Waals surface area contributed by atoms with Gasteiger partial charge in [0, 0.05) is 18.3 Å². The van der Waals surface area contributed by atoms with Gasteiger partial charge in [0.1, 0.15) is 0 Å². The van der Waals surface area contributed by atoms with Crippen LogP contribution in [0, 0.1) is 17.2 Å². The molecule has 1 aromatic rings. The summed E-state index contributed by atoms with van der Waals surface area (Å²) >= 11 is 0. The molecule has 0 radical (unpaired) electrons. The van der Waals surface area contributed by atoms with Crippen LogP contribution in [0.4, 0.5) is 5.69 Å². The zero-order valence-corrected chi connectivity index (χ0v) is 10.6. The van der Waals surface area contributed by atoms with E-state index in [0.717, 1.165) is 18.7 Å². The maximum absolute atomic E-state index is 11.3. The average Bonchev–Trinajstić information content (AvgIpc) is 2.79. The lowest BCUT2D eigenvalue weighted by molar-refractivity contribution is 0.0601. The Hall–Kier alpha value is -2.02. The number of carbonyl (C=O) groups excluding carboxylic acids is 1. The molecule has 1 aliphatic rings. The molecule has 2 unspecified atom stereocenters. The Bertz CT molecular complexity index is 476. The fourth-order valence-electron chi connectivity index (χ4n) is 2.38. The van der Waals surface area contributed by atoms with Crippen molar-refractivity contribution in [2.75, 3.05) is 18.6 Å². The monoisotopic (exact) mass is 244 g/mol. The zero-order chi connectivity index (χ0) is 13.1. The van der Waals surface area contributed by atoms with E-state index in [1.54, 1.807) is 12.1 Å². The van der Waals surface area contributed by atoms with E-state index in [4.69, 9.17) is 5.26 Å². The molecular formula is C14H16N2O2.